The predicted molar refractivity (Wildman–Crippen MR) is 129 cm³/mol. The maximum absolute atomic E-state index is 13.8. The van der Waals surface area contributed by atoms with E-state index in [2.05, 4.69) is 10.3 Å². The molecule has 0 aliphatic carbocycles. The Kier molecular flexibility index (Phi) is 7.36. The quantitative estimate of drug-likeness (QED) is 0.598. The van der Waals surface area contributed by atoms with Gasteiger partial charge in [0.05, 0.1) is 18.9 Å². The Morgan fingerprint density at radius 2 is 2.12 bits per heavy atom. The summed E-state index contributed by atoms with van der Waals surface area (Å²) in [6.07, 6.45) is 4.64. The van der Waals surface area contributed by atoms with Crippen molar-refractivity contribution in [3.8, 4) is 0 Å². The van der Waals surface area contributed by atoms with Gasteiger partial charge in [0, 0.05) is 46.9 Å². The van der Waals surface area contributed by atoms with Crippen molar-refractivity contribution < 1.29 is 22.3 Å². The Bertz CT molecular complexity index is 1250. The maximum Gasteiger partial charge on any atom is 0.338 e. The SMILES string of the molecule is COC(=O)C1=C(C2CCCN(S(C)(=O)=O)CC2)NC(c2nccs2)=NC1c1ccc(F)cc1Cl. The van der Waals surface area contributed by atoms with Gasteiger partial charge in [-0.3, -0.25) is 4.99 Å². The van der Waals surface area contributed by atoms with Crippen LogP contribution in [0.5, 0.6) is 0 Å². The fourth-order valence-corrected chi connectivity index (χ4v) is 6.07. The first-order valence-electron chi connectivity index (χ1n) is 10.7. The summed E-state index contributed by atoms with van der Waals surface area (Å²) >= 11 is 7.77. The molecular formula is C22H24ClFN4O4S2. The lowest BCUT2D eigenvalue weighted by Crippen LogP contribution is -2.37. The van der Waals surface area contributed by atoms with E-state index in [1.807, 2.05) is 5.38 Å². The van der Waals surface area contributed by atoms with E-state index in [0.29, 0.717) is 54.5 Å². The van der Waals surface area contributed by atoms with Crippen molar-refractivity contribution in [2.75, 3.05) is 26.5 Å². The summed E-state index contributed by atoms with van der Waals surface area (Å²) in [7, 11) is -2.04. The molecule has 1 aromatic carbocycles. The third-order valence-electron chi connectivity index (χ3n) is 5.94. The van der Waals surface area contributed by atoms with Crippen molar-refractivity contribution in [2.24, 2.45) is 10.9 Å². The topological polar surface area (TPSA) is 101 Å². The van der Waals surface area contributed by atoms with Gasteiger partial charge < -0.3 is 10.1 Å². The number of aromatic nitrogens is 1. The van der Waals surface area contributed by atoms with Gasteiger partial charge in [-0.2, -0.15) is 0 Å². The number of thiazole rings is 1. The number of nitrogens with one attached hydrogen (secondary N) is 1. The monoisotopic (exact) mass is 526 g/mol. The fourth-order valence-electron chi connectivity index (χ4n) is 4.31. The minimum absolute atomic E-state index is 0.138. The van der Waals surface area contributed by atoms with E-state index in [1.165, 1.54) is 47.2 Å². The molecule has 0 saturated carbocycles. The van der Waals surface area contributed by atoms with Crippen molar-refractivity contribution in [3.63, 3.8) is 0 Å². The molecule has 1 fully saturated rings. The van der Waals surface area contributed by atoms with Crippen LogP contribution in [-0.4, -0.2) is 56.0 Å². The molecule has 1 N–H and O–H groups in total. The molecule has 2 aliphatic heterocycles. The summed E-state index contributed by atoms with van der Waals surface area (Å²) in [4.78, 5) is 22.1. The molecule has 2 unspecified atom stereocenters. The average Bonchev–Trinajstić information content (AvgIpc) is 3.21. The van der Waals surface area contributed by atoms with E-state index >= 15 is 0 Å². The Balaban J connectivity index is 1.83. The highest BCUT2D eigenvalue weighted by Gasteiger charge is 2.37. The number of carbonyl (C=O) groups is 1. The number of carbonyl (C=O) groups excluding carboxylic acids is 1. The number of methoxy groups -OCH3 is 1. The van der Waals surface area contributed by atoms with E-state index in [9.17, 15) is 17.6 Å². The van der Waals surface area contributed by atoms with E-state index in [-0.39, 0.29) is 16.5 Å². The summed E-state index contributed by atoms with van der Waals surface area (Å²) in [5, 5.41) is 5.87. The first-order valence-corrected chi connectivity index (χ1v) is 13.8. The molecule has 1 saturated heterocycles. The van der Waals surface area contributed by atoms with Crippen LogP contribution in [0, 0.1) is 11.7 Å². The van der Waals surface area contributed by atoms with Gasteiger partial charge in [0.2, 0.25) is 10.0 Å². The molecule has 2 aromatic rings. The van der Waals surface area contributed by atoms with Gasteiger partial charge in [-0.15, -0.1) is 11.3 Å². The van der Waals surface area contributed by atoms with Crippen molar-refractivity contribution >= 4 is 44.8 Å². The zero-order valence-corrected chi connectivity index (χ0v) is 21.0. The van der Waals surface area contributed by atoms with Gasteiger partial charge in [0.15, 0.2) is 10.8 Å². The molecular weight excluding hydrogens is 503 g/mol. The summed E-state index contributed by atoms with van der Waals surface area (Å²) in [6, 6.07) is 3.12. The van der Waals surface area contributed by atoms with E-state index in [4.69, 9.17) is 21.3 Å². The lowest BCUT2D eigenvalue weighted by atomic mass is 9.87. The number of esters is 1. The van der Waals surface area contributed by atoms with Crippen molar-refractivity contribution in [1.29, 1.82) is 0 Å². The summed E-state index contributed by atoms with van der Waals surface area (Å²) in [6.45, 7) is 0.742. The van der Waals surface area contributed by atoms with Crippen molar-refractivity contribution in [1.82, 2.24) is 14.6 Å². The van der Waals surface area contributed by atoms with Crippen LogP contribution >= 0.6 is 22.9 Å². The number of halogens is 2. The number of amidine groups is 1. The molecule has 8 nitrogen and oxygen atoms in total. The number of nitrogens with zero attached hydrogens (tertiary/aromatic N) is 3. The number of hydrogen-bond acceptors (Lipinski definition) is 8. The normalized spacial score (nSPS) is 22.1. The molecule has 0 spiro atoms. The number of ether oxygens (including phenoxy) is 1. The van der Waals surface area contributed by atoms with Gasteiger partial charge in [0.1, 0.15) is 11.9 Å². The number of rotatable bonds is 5. The fraction of sp³-hybridized carbons (Fsp3) is 0.409. The second-order valence-corrected chi connectivity index (χ2v) is 11.4. The minimum atomic E-state index is -3.33. The van der Waals surface area contributed by atoms with E-state index in [0.717, 1.165) is 0 Å². The molecule has 4 rings (SSSR count). The Morgan fingerprint density at radius 1 is 1.32 bits per heavy atom. The molecule has 182 valence electrons. The molecule has 2 atom stereocenters. The van der Waals surface area contributed by atoms with Crippen LogP contribution in [-0.2, 0) is 19.6 Å². The Hall–Kier alpha value is -2.34. The molecule has 2 aliphatic rings. The third kappa shape index (κ3) is 5.17. The molecule has 1 aromatic heterocycles. The second kappa shape index (κ2) is 10.1. The molecule has 3 heterocycles. The van der Waals surface area contributed by atoms with Gasteiger partial charge in [-0.05, 0) is 31.4 Å². The number of sulfonamides is 1. The number of hydrogen-bond donors (Lipinski definition) is 1. The van der Waals surface area contributed by atoms with Gasteiger partial charge in [-0.1, -0.05) is 17.7 Å². The van der Waals surface area contributed by atoms with Crippen LogP contribution in [0.15, 0.2) is 46.0 Å². The average molecular weight is 527 g/mol. The van der Waals surface area contributed by atoms with Crippen LogP contribution in [0.4, 0.5) is 4.39 Å². The summed E-state index contributed by atoms with van der Waals surface area (Å²) < 4.78 is 44.6. The Labute approximate surface area is 206 Å². The maximum atomic E-state index is 13.8. The molecule has 34 heavy (non-hydrogen) atoms. The van der Waals surface area contributed by atoms with Crippen molar-refractivity contribution in [2.45, 2.75) is 25.3 Å². The molecule has 0 bridgehead atoms. The zero-order valence-electron chi connectivity index (χ0n) is 18.6. The first kappa shape index (κ1) is 24.8. The van der Waals surface area contributed by atoms with E-state index in [1.54, 1.807) is 6.20 Å². The van der Waals surface area contributed by atoms with Crippen LogP contribution in [0.25, 0.3) is 0 Å². The lowest BCUT2D eigenvalue weighted by molar-refractivity contribution is -0.136. The third-order valence-corrected chi connectivity index (χ3v) is 8.35. The lowest BCUT2D eigenvalue weighted by Gasteiger charge is -2.31. The molecule has 0 amide bonds. The summed E-state index contributed by atoms with van der Waals surface area (Å²) in [5.74, 6) is -0.778. The highest BCUT2D eigenvalue weighted by molar-refractivity contribution is 7.88. The molecule has 0 radical (unpaired) electrons. The van der Waals surface area contributed by atoms with Gasteiger partial charge in [-0.25, -0.2) is 26.9 Å². The van der Waals surface area contributed by atoms with Crippen molar-refractivity contribution in [3.05, 3.63) is 62.5 Å². The Morgan fingerprint density at radius 3 is 2.76 bits per heavy atom. The van der Waals surface area contributed by atoms with Crippen LogP contribution < -0.4 is 5.32 Å². The molecule has 12 heteroatoms. The minimum Gasteiger partial charge on any atom is -0.466 e. The van der Waals surface area contributed by atoms with Gasteiger partial charge >= 0.3 is 5.97 Å². The zero-order chi connectivity index (χ0) is 24.5. The van der Waals surface area contributed by atoms with Crippen LogP contribution in [0.3, 0.4) is 0 Å². The summed E-state index contributed by atoms with van der Waals surface area (Å²) in [5.41, 5.74) is 1.34. The van der Waals surface area contributed by atoms with Crippen LogP contribution in [0.2, 0.25) is 5.02 Å². The standard InChI is InChI=1S/C22H24ClFN4O4S2/c1-32-22(29)17-18(13-4-3-9-28(10-7-13)34(2,30)31)26-20(21-25-8-11-33-21)27-19(17)15-6-5-14(24)12-16(15)23/h5-6,8,11-13,19H,3-4,7,9-10H2,1-2H3,(H,26,27). The first-order chi connectivity index (χ1) is 16.2. The predicted octanol–water partition coefficient (Wildman–Crippen LogP) is 3.52. The number of aliphatic imine (C=N–C) groups is 1. The smallest absolute Gasteiger partial charge is 0.338 e. The highest BCUT2D eigenvalue weighted by Crippen LogP contribution is 2.40. The number of benzene rings is 1. The highest BCUT2D eigenvalue weighted by atomic mass is 35.5. The largest absolute Gasteiger partial charge is 0.466 e. The van der Waals surface area contributed by atoms with Gasteiger partial charge in [0.25, 0.3) is 0 Å². The number of allylic oxidation sites excluding steroid dienone is 1. The van der Waals surface area contributed by atoms with E-state index < -0.39 is 27.9 Å². The van der Waals surface area contributed by atoms with Crippen LogP contribution in [0.1, 0.15) is 35.9 Å². The second-order valence-electron chi connectivity index (χ2n) is 8.12.